The third kappa shape index (κ3) is 14.1. The van der Waals surface area contributed by atoms with Gasteiger partial charge in [0.25, 0.3) is 0 Å². The second kappa shape index (κ2) is 28.7. The molecule has 0 saturated heterocycles. The molecule has 0 radical (unpaired) electrons. The second-order valence-electron chi connectivity index (χ2n) is 22.3. The van der Waals surface area contributed by atoms with Crippen LogP contribution in [0.25, 0.3) is 0 Å². The van der Waals surface area contributed by atoms with Crippen molar-refractivity contribution in [1.82, 2.24) is 75.3 Å². The molecule has 21 heteroatoms. The second-order valence-corrected chi connectivity index (χ2v) is 22.3. The number of aromatic nitrogens is 12. The number of carbonyl (C=O) groups is 3. The van der Waals surface area contributed by atoms with E-state index in [0.717, 1.165) is 52.6 Å². The highest BCUT2D eigenvalue weighted by Crippen LogP contribution is 2.42. The average Bonchev–Trinajstić information content (AvgIpc) is 1.78. The van der Waals surface area contributed by atoms with E-state index in [0.29, 0.717) is 74.0 Å². The molecule has 0 fully saturated rings. The predicted octanol–water partition coefficient (Wildman–Crippen LogP) is 12.1. The summed E-state index contributed by atoms with van der Waals surface area (Å²) in [6.45, 7) is 3.01. The number of hydrogen-bond acceptors (Lipinski definition) is 15. The van der Waals surface area contributed by atoms with Gasteiger partial charge >= 0.3 is 18.3 Å². The Morgan fingerprint density at radius 2 is 0.505 bits per heavy atom. The molecule has 0 aliphatic carbocycles. The molecule has 0 saturated carbocycles. The summed E-state index contributed by atoms with van der Waals surface area (Å²) >= 11 is 0. The van der Waals surface area contributed by atoms with E-state index in [1.807, 2.05) is 200 Å². The van der Waals surface area contributed by atoms with Crippen LogP contribution < -0.4 is 14.2 Å². The van der Waals surface area contributed by atoms with E-state index in [1.54, 1.807) is 46.9 Å². The number of aryl methyl sites for hydroxylation is 6. The molecule has 21 nitrogen and oxygen atoms in total. The van der Waals surface area contributed by atoms with Crippen molar-refractivity contribution < 1.29 is 28.6 Å². The molecule has 93 heavy (non-hydrogen) atoms. The van der Waals surface area contributed by atoms with Crippen LogP contribution in [0, 0.1) is 0 Å². The monoisotopic (exact) mass is 1230 g/mol. The minimum atomic E-state index is -0.441. The van der Waals surface area contributed by atoms with Gasteiger partial charge in [-0.15, -0.1) is 15.3 Å². The lowest BCUT2D eigenvalue weighted by atomic mass is 10.0. The molecule has 462 valence electrons. The van der Waals surface area contributed by atoms with Gasteiger partial charge in [-0.3, -0.25) is 14.7 Å². The summed E-state index contributed by atoms with van der Waals surface area (Å²) in [6, 6.07) is 81.5. The summed E-state index contributed by atoms with van der Waals surface area (Å²) < 4.78 is 22.2. The Morgan fingerprint density at radius 3 is 0.763 bits per heavy atom. The number of benzene rings is 9. The molecule has 3 aromatic heterocycles. The quantitative estimate of drug-likeness (QED) is 0.0780. The molecule has 3 aliphatic heterocycles. The Labute approximate surface area is 536 Å². The van der Waals surface area contributed by atoms with Gasteiger partial charge in [0, 0.05) is 36.3 Å². The average molecular weight is 1230 g/mol. The lowest BCUT2D eigenvalue weighted by Gasteiger charge is -2.35. The van der Waals surface area contributed by atoms with E-state index >= 15 is 0 Å². The minimum absolute atomic E-state index is 0.393. The zero-order valence-electron chi connectivity index (χ0n) is 50.5. The molecule has 12 aromatic rings. The van der Waals surface area contributed by atoms with Crippen LogP contribution in [0.5, 0.6) is 17.2 Å². The fraction of sp³-hybridized carbons (Fsp3) is 0.167. The number of amides is 3. The lowest BCUT2D eigenvalue weighted by molar-refractivity contribution is 0.118. The summed E-state index contributed by atoms with van der Waals surface area (Å²) in [5, 5.41) is 37.5. The fourth-order valence-corrected chi connectivity index (χ4v) is 11.7. The van der Waals surface area contributed by atoms with Gasteiger partial charge in [-0.05, 0) is 102 Å². The summed E-state index contributed by atoms with van der Waals surface area (Å²) in [5.74, 6) is 3.49. The highest BCUT2D eigenvalue weighted by Gasteiger charge is 2.42. The van der Waals surface area contributed by atoms with Crippen molar-refractivity contribution in [2.75, 3.05) is 0 Å². The third-order valence-corrected chi connectivity index (χ3v) is 16.2. The molecule has 0 N–H and O–H groups in total. The Morgan fingerprint density at radius 1 is 0.280 bits per heavy atom. The van der Waals surface area contributed by atoms with Gasteiger partial charge in [-0.25, -0.2) is 28.4 Å². The smallest absolute Gasteiger partial charge is 0.410 e. The first-order chi connectivity index (χ1) is 45.9. The minimum Gasteiger partial charge on any atom is -0.410 e. The van der Waals surface area contributed by atoms with Crippen molar-refractivity contribution in [3.63, 3.8) is 0 Å². The first-order valence-corrected chi connectivity index (χ1v) is 30.6. The molecule has 9 aromatic carbocycles. The van der Waals surface area contributed by atoms with Crippen LogP contribution in [0.3, 0.4) is 0 Å². The van der Waals surface area contributed by atoms with Gasteiger partial charge in [-0.2, -0.15) is 0 Å². The van der Waals surface area contributed by atoms with E-state index in [4.69, 9.17) is 14.2 Å². The van der Waals surface area contributed by atoms with Crippen LogP contribution >= 0.6 is 0 Å². The Balaban J connectivity index is 0.000000127. The molecule has 6 heterocycles. The first-order valence-electron chi connectivity index (χ1n) is 30.6. The highest BCUT2D eigenvalue weighted by atomic mass is 16.6. The molecule has 15 rings (SSSR count). The van der Waals surface area contributed by atoms with Gasteiger partial charge in [0.2, 0.25) is 0 Å². The molecular formula is C72H63N15O6. The fourth-order valence-electron chi connectivity index (χ4n) is 11.7. The zero-order chi connectivity index (χ0) is 63.1. The maximum atomic E-state index is 13.0. The van der Waals surface area contributed by atoms with E-state index in [-0.39, 0.29) is 0 Å². The number of hydrogen-bond donors (Lipinski definition) is 0. The van der Waals surface area contributed by atoms with Gasteiger partial charge in [0.1, 0.15) is 35.4 Å². The van der Waals surface area contributed by atoms with Crippen molar-refractivity contribution in [2.24, 2.45) is 0 Å². The van der Waals surface area contributed by atoms with E-state index in [1.165, 1.54) is 16.7 Å². The molecule has 0 bridgehead atoms. The zero-order valence-corrected chi connectivity index (χ0v) is 50.5. The van der Waals surface area contributed by atoms with Crippen LogP contribution in [0.15, 0.2) is 255 Å². The van der Waals surface area contributed by atoms with Crippen LogP contribution in [0.1, 0.15) is 85.7 Å². The van der Waals surface area contributed by atoms with E-state index in [9.17, 15) is 14.4 Å². The largest absolute Gasteiger partial charge is 0.416 e. The summed E-state index contributed by atoms with van der Waals surface area (Å²) in [7, 11) is 0. The predicted molar refractivity (Wildman–Crippen MR) is 343 cm³/mol. The highest BCUT2D eigenvalue weighted by molar-refractivity contribution is 5.77. The molecule has 3 aliphatic rings. The van der Waals surface area contributed by atoms with E-state index < -0.39 is 36.4 Å². The van der Waals surface area contributed by atoms with Crippen LogP contribution in [-0.4, -0.2) is 93.6 Å². The maximum Gasteiger partial charge on any atom is 0.416 e. The van der Waals surface area contributed by atoms with Crippen molar-refractivity contribution in [2.45, 2.75) is 76.7 Å². The molecule has 3 atom stereocenters. The van der Waals surface area contributed by atoms with Crippen LogP contribution in [-0.2, 0) is 58.5 Å². The number of carbonyl (C=O) groups excluding carboxylic acids is 3. The van der Waals surface area contributed by atoms with Crippen LogP contribution in [0.2, 0.25) is 0 Å². The standard InChI is InChI=1S/3C24H21N5O2/c3*30-24-28(17-19-11-5-2-6-12-19)22(20-13-7-8-14-21(20)31-24)23-25-26-27-29(23)16-15-18-9-3-1-4-10-18/h3*1-14,22H,15-17H2/t3*22-/m111/s1. The molecule has 0 unspecified atom stereocenters. The van der Waals surface area contributed by atoms with Crippen molar-refractivity contribution in [3.05, 3.63) is 322 Å². The number of rotatable bonds is 18. The van der Waals surface area contributed by atoms with Gasteiger partial charge in [0.15, 0.2) is 17.5 Å². The summed E-state index contributed by atoms with van der Waals surface area (Å²) in [5.41, 5.74) is 9.23. The SMILES string of the molecule is O=C1Oc2ccccc2[C@H](c2nnnn2CCc2ccccc2)N1Cc1ccccc1.O=C1Oc2ccccc2[C@H](c2nnnn2CCc2ccccc2)N1Cc1ccccc1.O=C1Oc2ccccc2[C@H](c2nnnn2CCc2ccccc2)N1Cc1ccccc1. The van der Waals surface area contributed by atoms with E-state index in [2.05, 4.69) is 83.0 Å². The molecule has 3 amide bonds. The number of para-hydroxylation sites is 3. The normalized spacial score (nSPS) is 15.4. The number of tetrazole rings is 3. The van der Waals surface area contributed by atoms with Crippen molar-refractivity contribution in [1.29, 1.82) is 0 Å². The van der Waals surface area contributed by atoms with Gasteiger partial charge < -0.3 is 14.2 Å². The maximum absolute atomic E-state index is 13.0. The van der Waals surface area contributed by atoms with Gasteiger partial charge in [-0.1, -0.05) is 237 Å². The summed E-state index contributed by atoms with van der Waals surface area (Å²) in [4.78, 5) is 44.0. The van der Waals surface area contributed by atoms with Crippen LogP contribution in [0.4, 0.5) is 14.4 Å². The number of ether oxygens (including phenoxy) is 3. The lowest BCUT2D eigenvalue weighted by Crippen LogP contribution is -2.42. The molecule has 0 spiro atoms. The topological polar surface area (TPSA) is 219 Å². The summed E-state index contributed by atoms with van der Waals surface area (Å²) in [6.07, 6.45) is 1.13. The van der Waals surface area contributed by atoms with Crippen molar-refractivity contribution in [3.8, 4) is 17.2 Å². The Hall–Kier alpha value is -12.0. The van der Waals surface area contributed by atoms with Crippen molar-refractivity contribution >= 4 is 18.3 Å². The van der Waals surface area contributed by atoms with Gasteiger partial charge in [0.05, 0.1) is 19.6 Å². The Bertz CT molecular complexity index is 3980. The third-order valence-electron chi connectivity index (χ3n) is 16.2. The number of fused-ring (bicyclic) bond motifs is 3. The Kier molecular flexibility index (Phi) is 18.5. The first kappa shape index (κ1) is 59.9. The number of nitrogens with zero attached hydrogens (tertiary/aromatic N) is 15. The molecular weight excluding hydrogens is 1170 g/mol.